The number of hydrogen-bond donors (Lipinski definition) is 4. The minimum absolute atomic E-state index is 0.185. The van der Waals surface area contributed by atoms with Crippen LogP contribution in [-0.2, 0) is 26.8 Å². The minimum atomic E-state index is -0.573. The van der Waals surface area contributed by atoms with Crippen LogP contribution in [0.25, 0.3) is 0 Å². The smallest absolute Gasteiger partial charge is 0.249 e. The molecule has 7 heteroatoms. The maximum absolute atomic E-state index is 12.4. The van der Waals surface area contributed by atoms with Crippen LogP contribution >= 0.6 is 0 Å². The summed E-state index contributed by atoms with van der Waals surface area (Å²) in [5.74, 6) is -0.469. The van der Waals surface area contributed by atoms with Crippen LogP contribution < -0.4 is 10.7 Å². The fourth-order valence-electron chi connectivity index (χ4n) is 3.83. The number of amides is 2. The van der Waals surface area contributed by atoms with Gasteiger partial charge in [0.1, 0.15) is 17.9 Å². The largest absolute Gasteiger partial charge is 0.508 e. The number of rotatable bonds is 7. The molecule has 0 atom stereocenters. The Bertz CT molecular complexity index is 1050. The van der Waals surface area contributed by atoms with Crippen LogP contribution in [0, 0.1) is 0 Å². The molecule has 0 aromatic heterocycles. The van der Waals surface area contributed by atoms with E-state index in [1.165, 1.54) is 6.21 Å². The minimum Gasteiger partial charge on any atom is -0.508 e. The van der Waals surface area contributed by atoms with Gasteiger partial charge in [-0.05, 0) is 66.5 Å². The third-order valence-electron chi connectivity index (χ3n) is 5.53. The number of carbonyl (C=O) groups excluding carboxylic acids is 2. The van der Waals surface area contributed by atoms with E-state index in [-0.39, 0.29) is 28.7 Å². The molecule has 0 bridgehead atoms. The molecule has 7 nitrogen and oxygen atoms in total. The number of phenolic OH excluding ortho intramolecular Hbond substituents is 2. The maximum atomic E-state index is 12.4. The highest BCUT2D eigenvalue weighted by Crippen LogP contribution is 2.39. The summed E-state index contributed by atoms with van der Waals surface area (Å²) in [6, 6.07) is 10.5. The highest BCUT2D eigenvalue weighted by molar-refractivity contribution is 5.97. The van der Waals surface area contributed by atoms with E-state index in [2.05, 4.69) is 15.8 Å². The van der Waals surface area contributed by atoms with Crippen LogP contribution in [0.1, 0.15) is 84.1 Å². The molecular formula is C28H39N3O4. The Morgan fingerprint density at radius 1 is 0.857 bits per heavy atom. The highest BCUT2D eigenvalue weighted by Gasteiger charge is 2.26. The lowest BCUT2D eigenvalue weighted by Crippen LogP contribution is -2.46. The van der Waals surface area contributed by atoms with Crippen molar-refractivity contribution >= 4 is 18.0 Å². The summed E-state index contributed by atoms with van der Waals surface area (Å²) < 4.78 is 0. The van der Waals surface area contributed by atoms with Crippen LogP contribution in [0.3, 0.4) is 0 Å². The van der Waals surface area contributed by atoms with Gasteiger partial charge in [0.05, 0.1) is 6.21 Å². The van der Waals surface area contributed by atoms with Crippen LogP contribution in [0.5, 0.6) is 11.5 Å². The van der Waals surface area contributed by atoms with Gasteiger partial charge in [0.2, 0.25) is 11.8 Å². The number of hydrogen-bond acceptors (Lipinski definition) is 5. The quantitative estimate of drug-likeness (QED) is 0.262. The molecule has 0 aliphatic heterocycles. The number of carbonyl (C=O) groups is 2. The lowest BCUT2D eigenvalue weighted by molar-refractivity contribution is -0.130. The van der Waals surface area contributed by atoms with Gasteiger partial charge in [0.25, 0.3) is 0 Å². The van der Waals surface area contributed by atoms with Gasteiger partial charge < -0.3 is 15.5 Å². The molecule has 0 spiro atoms. The summed E-state index contributed by atoms with van der Waals surface area (Å²) >= 11 is 0. The third kappa shape index (κ3) is 8.42. The molecule has 2 amide bonds. The number of aromatic hydroxyl groups is 2. The molecule has 0 saturated heterocycles. The number of phenols is 2. The first-order valence-corrected chi connectivity index (χ1v) is 11.8. The number of benzene rings is 2. The van der Waals surface area contributed by atoms with Crippen molar-refractivity contribution in [3.8, 4) is 11.5 Å². The molecule has 2 aromatic carbocycles. The molecule has 4 N–H and O–H groups in total. The van der Waals surface area contributed by atoms with Gasteiger partial charge in [-0.25, -0.2) is 5.43 Å². The monoisotopic (exact) mass is 481 g/mol. The Balaban J connectivity index is 2.03. The first-order valence-electron chi connectivity index (χ1n) is 11.8. The van der Waals surface area contributed by atoms with Crippen molar-refractivity contribution in [2.45, 2.75) is 84.6 Å². The molecule has 0 unspecified atom stereocenters. The average molecular weight is 482 g/mol. The second-order valence-corrected chi connectivity index (χ2v) is 11.7. The Hall–Kier alpha value is -3.35. The Morgan fingerprint density at radius 2 is 1.37 bits per heavy atom. The topological polar surface area (TPSA) is 111 Å². The maximum Gasteiger partial charge on any atom is 0.249 e. The third-order valence-corrected chi connectivity index (χ3v) is 5.53. The van der Waals surface area contributed by atoms with Gasteiger partial charge in [-0.3, -0.25) is 9.59 Å². The molecule has 35 heavy (non-hydrogen) atoms. The highest BCUT2D eigenvalue weighted by atomic mass is 16.3. The summed E-state index contributed by atoms with van der Waals surface area (Å²) in [6.07, 6.45) is 1.72. The molecule has 0 aliphatic carbocycles. The first-order chi connectivity index (χ1) is 16.0. The molecule has 0 radical (unpaired) electrons. The van der Waals surface area contributed by atoms with E-state index in [1.807, 2.05) is 67.5 Å². The van der Waals surface area contributed by atoms with E-state index in [1.54, 1.807) is 24.3 Å². The standard InChI is InChI=1S/C28H39N3O4/c1-26(2,3)21-13-19(14-22(25(21)35)27(4,5)6)17-29-31-24(34)15-23(33)30-28(7,8)16-18-9-11-20(32)12-10-18/h9-14,17,32,35H,15-16H2,1-8H3,(H,30,33)(H,31,34)/b29-17+. The first kappa shape index (κ1) is 27.9. The van der Waals surface area contributed by atoms with Crippen LogP contribution in [0.15, 0.2) is 41.5 Å². The predicted octanol–water partition coefficient (Wildman–Crippen LogP) is 4.67. The summed E-state index contributed by atoms with van der Waals surface area (Å²) in [5.41, 5.74) is 4.59. The molecular weight excluding hydrogens is 442 g/mol. The Morgan fingerprint density at radius 3 is 1.86 bits per heavy atom. The average Bonchev–Trinajstić information content (AvgIpc) is 2.68. The molecule has 0 fully saturated rings. The van der Waals surface area contributed by atoms with Crippen molar-refractivity contribution in [2.75, 3.05) is 0 Å². The van der Waals surface area contributed by atoms with Crippen molar-refractivity contribution in [3.63, 3.8) is 0 Å². The second-order valence-electron chi connectivity index (χ2n) is 11.7. The van der Waals surface area contributed by atoms with E-state index in [0.717, 1.165) is 22.3 Å². The van der Waals surface area contributed by atoms with E-state index in [4.69, 9.17) is 0 Å². The molecule has 0 heterocycles. The zero-order chi connectivity index (χ0) is 26.6. The van der Waals surface area contributed by atoms with Crippen LogP contribution in [0.4, 0.5) is 0 Å². The molecule has 0 aliphatic rings. The van der Waals surface area contributed by atoms with Crippen molar-refractivity contribution in [1.82, 2.24) is 10.7 Å². The molecule has 0 saturated carbocycles. The van der Waals surface area contributed by atoms with Crippen molar-refractivity contribution in [2.24, 2.45) is 5.10 Å². The Kier molecular flexibility index (Phi) is 8.37. The molecule has 2 rings (SSSR count). The lowest BCUT2D eigenvalue weighted by atomic mass is 9.78. The summed E-state index contributed by atoms with van der Waals surface area (Å²) in [6.45, 7) is 15.9. The summed E-state index contributed by atoms with van der Waals surface area (Å²) in [5, 5.41) is 27.1. The van der Waals surface area contributed by atoms with Crippen LogP contribution in [-0.4, -0.2) is 33.8 Å². The van der Waals surface area contributed by atoms with Gasteiger partial charge in [0.15, 0.2) is 0 Å². The number of nitrogens with one attached hydrogen (secondary N) is 2. The molecule has 2 aromatic rings. The van der Waals surface area contributed by atoms with E-state index in [0.29, 0.717) is 6.42 Å². The Labute approximate surface area is 208 Å². The van der Waals surface area contributed by atoms with E-state index >= 15 is 0 Å². The van der Waals surface area contributed by atoms with Crippen molar-refractivity contribution < 1.29 is 19.8 Å². The number of nitrogens with zero attached hydrogens (tertiary/aromatic N) is 1. The van der Waals surface area contributed by atoms with E-state index in [9.17, 15) is 19.8 Å². The van der Waals surface area contributed by atoms with Gasteiger partial charge >= 0.3 is 0 Å². The van der Waals surface area contributed by atoms with Gasteiger partial charge in [-0.15, -0.1) is 0 Å². The summed E-state index contributed by atoms with van der Waals surface area (Å²) in [7, 11) is 0. The fourth-order valence-corrected chi connectivity index (χ4v) is 3.83. The second kappa shape index (κ2) is 10.5. The van der Waals surface area contributed by atoms with E-state index < -0.39 is 17.4 Å². The summed E-state index contributed by atoms with van der Waals surface area (Å²) in [4.78, 5) is 24.7. The molecule has 190 valence electrons. The van der Waals surface area contributed by atoms with Crippen molar-refractivity contribution in [1.29, 1.82) is 0 Å². The zero-order valence-corrected chi connectivity index (χ0v) is 22.1. The normalized spacial score (nSPS) is 12.6. The zero-order valence-electron chi connectivity index (χ0n) is 22.1. The fraction of sp³-hybridized carbons (Fsp3) is 0.464. The van der Waals surface area contributed by atoms with Gasteiger partial charge in [-0.1, -0.05) is 53.7 Å². The number of hydrazone groups is 1. The lowest BCUT2D eigenvalue weighted by Gasteiger charge is -2.27. The van der Waals surface area contributed by atoms with Crippen molar-refractivity contribution in [3.05, 3.63) is 58.7 Å². The SMILES string of the molecule is CC(C)(Cc1ccc(O)cc1)NC(=O)CC(=O)N/N=C/c1cc(C(C)(C)C)c(O)c(C(C)(C)C)c1. The van der Waals surface area contributed by atoms with Gasteiger partial charge in [0, 0.05) is 16.7 Å². The van der Waals surface area contributed by atoms with Crippen LogP contribution in [0.2, 0.25) is 0 Å². The predicted molar refractivity (Wildman–Crippen MR) is 140 cm³/mol. The van der Waals surface area contributed by atoms with Gasteiger partial charge in [-0.2, -0.15) is 5.10 Å².